The van der Waals surface area contributed by atoms with Gasteiger partial charge in [0.25, 0.3) is 11.6 Å². The Morgan fingerprint density at radius 2 is 1.80 bits per heavy atom. The number of fused-ring (bicyclic) bond motifs is 1. The zero-order valence-corrected chi connectivity index (χ0v) is 20.9. The molecule has 2 atom stereocenters. The Labute approximate surface area is 228 Å². The largest absolute Gasteiger partial charge is 0.457 e. The topological polar surface area (TPSA) is 111 Å². The number of halogens is 5. The van der Waals surface area contributed by atoms with Crippen LogP contribution in [0, 0.1) is 15.9 Å². The predicted octanol–water partition coefficient (Wildman–Crippen LogP) is 7.29. The van der Waals surface area contributed by atoms with Crippen LogP contribution in [0.15, 0.2) is 72.8 Å². The second kappa shape index (κ2) is 10.5. The minimum Gasteiger partial charge on any atom is -0.457 e. The zero-order chi connectivity index (χ0) is 28.6. The highest BCUT2D eigenvalue weighted by Crippen LogP contribution is 2.46. The van der Waals surface area contributed by atoms with Gasteiger partial charge in [0.15, 0.2) is 11.7 Å². The Balaban J connectivity index is 1.46. The van der Waals surface area contributed by atoms with E-state index >= 15 is 0 Å². The molecule has 40 heavy (non-hydrogen) atoms. The smallest absolute Gasteiger partial charge is 0.410 e. The van der Waals surface area contributed by atoms with Crippen molar-refractivity contribution < 1.29 is 32.0 Å². The molecule has 2 N–H and O–H groups in total. The summed E-state index contributed by atoms with van der Waals surface area (Å²) in [6, 6.07) is 13.9. The number of nitro groups is 1. The van der Waals surface area contributed by atoms with Crippen molar-refractivity contribution in [3.8, 4) is 11.5 Å². The van der Waals surface area contributed by atoms with Crippen molar-refractivity contribution in [1.29, 1.82) is 0 Å². The molecule has 0 radical (unpaired) electrons. The lowest BCUT2D eigenvalue weighted by atomic mass is 9.97. The van der Waals surface area contributed by atoms with Crippen LogP contribution in [0.2, 0.25) is 5.02 Å². The van der Waals surface area contributed by atoms with E-state index in [1.54, 1.807) is 30.3 Å². The number of nitrogens with one attached hydrogen (secondary N) is 2. The van der Waals surface area contributed by atoms with Gasteiger partial charge in [-0.3, -0.25) is 14.9 Å². The normalized spacial score (nSPS) is 16.5. The van der Waals surface area contributed by atoms with Gasteiger partial charge in [-0.1, -0.05) is 41.9 Å². The first-order valence-corrected chi connectivity index (χ1v) is 12.1. The second-order valence-corrected chi connectivity index (χ2v) is 9.22. The van der Waals surface area contributed by atoms with E-state index in [0.717, 1.165) is 24.3 Å². The van der Waals surface area contributed by atoms with Gasteiger partial charge in [0.05, 0.1) is 22.7 Å². The molecule has 5 rings (SSSR count). The van der Waals surface area contributed by atoms with Crippen LogP contribution in [0.25, 0.3) is 0 Å². The van der Waals surface area contributed by atoms with Crippen molar-refractivity contribution in [1.82, 2.24) is 9.78 Å². The summed E-state index contributed by atoms with van der Waals surface area (Å²) < 4.78 is 61.5. The van der Waals surface area contributed by atoms with Crippen LogP contribution in [0.4, 0.5) is 34.8 Å². The van der Waals surface area contributed by atoms with Crippen LogP contribution in [0.3, 0.4) is 0 Å². The fourth-order valence-electron chi connectivity index (χ4n) is 4.29. The number of carbonyl (C=O) groups excluding carboxylic acids is 1. The van der Waals surface area contributed by atoms with Gasteiger partial charge in [0, 0.05) is 18.6 Å². The maximum atomic E-state index is 14.0. The summed E-state index contributed by atoms with van der Waals surface area (Å²) in [5, 5.41) is 20.3. The van der Waals surface area contributed by atoms with Gasteiger partial charge < -0.3 is 15.4 Å². The summed E-state index contributed by atoms with van der Waals surface area (Å²) in [4.78, 5) is 23.8. The molecule has 14 heteroatoms. The standard InChI is InChI=1S/C26H18ClF4N5O4/c27-22-23(34-35-21(26(29,30)31)13-20(33-24(22)35)14-4-2-1-3-5-14)25(37)32-16-10-17(36(38)39)12-19(11-16)40-18-8-6-15(28)7-9-18/h1-12,20-21,33H,13H2,(H,32,37)/t20-,21+/m1/s1. The average molecular weight is 576 g/mol. The number of ether oxygens (including phenoxy) is 1. The first kappa shape index (κ1) is 26.9. The summed E-state index contributed by atoms with van der Waals surface area (Å²) in [7, 11) is 0. The molecular formula is C26H18ClF4N5O4. The van der Waals surface area contributed by atoms with Gasteiger partial charge in [0.2, 0.25) is 0 Å². The van der Waals surface area contributed by atoms with Gasteiger partial charge >= 0.3 is 6.18 Å². The number of hydrogen-bond acceptors (Lipinski definition) is 6. The van der Waals surface area contributed by atoms with E-state index in [9.17, 15) is 32.5 Å². The maximum absolute atomic E-state index is 14.0. The molecule has 9 nitrogen and oxygen atoms in total. The summed E-state index contributed by atoms with van der Waals surface area (Å²) >= 11 is 6.37. The van der Waals surface area contributed by atoms with E-state index in [1.165, 1.54) is 18.2 Å². The molecule has 0 saturated carbocycles. The number of hydrogen-bond donors (Lipinski definition) is 2. The number of carbonyl (C=O) groups is 1. The molecule has 3 aromatic carbocycles. The Bertz CT molecular complexity index is 1580. The van der Waals surface area contributed by atoms with Gasteiger partial charge in [-0.05, 0) is 29.8 Å². The summed E-state index contributed by atoms with van der Waals surface area (Å²) in [5.41, 5.74) is -0.480. The first-order chi connectivity index (χ1) is 19.0. The number of benzene rings is 3. The van der Waals surface area contributed by atoms with E-state index in [4.69, 9.17) is 16.3 Å². The Morgan fingerprint density at radius 3 is 2.45 bits per heavy atom. The van der Waals surface area contributed by atoms with Crippen LogP contribution >= 0.6 is 11.6 Å². The zero-order valence-electron chi connectivity index (χ0n) is 20.2. The number of rotatable bonds is 6. The SMILES string of the molecule is O=C(Nc1cc(Oc2ccc(F)cc2)cc([N+](=O)[O-])c1)c1nn2c(c1Cl)N[C@@H](c1ccccc1)C[C@H]2C(F)(F)F. The molecule has 0 fully saturated rings. The van der Waals surface area contributed by atoms with Crippen LogP contribution in [-0.2, 0) is 0 Å². The summed E-state index contributed by atoms with van der Waals surface area (Å²) in [5.74, 6) is -1.60. The number of nitrogens with zero attached hydrogens (tertiary/aromatic N) is 3. The minimum absolute atomic E-state index is 0.0594. The molecule has 0 spiro atoms. The summed E-state index contributed by atoms with van der Waals surface area (Å²) in [6.07, 6.45) is -5.09. The Hall–Kier alpha value is -4.65. The fraction of sp³-hybridized carbons (Fsp3) is 0.154. The van der Waals surface area contributed by atoms with Crippen molar-refractivity contribution in [3.05, 3.63) is 105 Å². The van der Waals surface area contributed by atoms with Crippen molar-refractivity contribution >= 4 is 34.7 Å². The van der Waals surface area contributed by atoms with E-state index in [1.807, 2.05) is 0 Å². The molecule has 1 aromatic heterocycles. The van der Waals surface area contributed by atoms with Gasteiger partial charge in [-0.2, -0.15) is 18.3 Å². The molecule has 2 heterocycles. The Morgan fingerprint density at radius 1 is 1.10 bits per heavy atom. The van der Waals surface area contributed by atoms with E-state index in [2.05, 4.69) is 15.7 Å². The quantitative estimate of drug-likeness (QED) is 0.142. The molecule has 0 bridgehead atoms. The van der Waals surface area contributed by atoms with Crippen molar-refractivity contribution in [3.63, 3.8) is 0 Å². The molecule has 1 aliphatic heterocycles. The number of alkyl halides is 3. The van der Waals surface area contributed by atoms with E-state index in [-0.39, 0.29) is 28.0 Å². The highest BCUT2D eigenvalue weighted by Gasteiger charge is 2.47. The highest BCUT2D eigenvalue weighted by atomic mass is 35.5. The number of nitro benzene ring substituents is 1. The molecule has 0 saturated heterocycles. The van der Waals surface area contributed by atoms with Crippen molar-refractivity contribution in [2.75, 3.05) is 10.6 Å². The lowest BCUT2D eigenvalue weighted by Gasteiger charge is -2.33. The third-order valence-corrected chi connectivity index (χ3v) is 6.48. The van der Waals surface area contributed by atoms with Gasteiger partial charge in [-0.15, -0.1) is 0 Å². The predicted molar refractivity (Wildman–Crippen MR) is 137 cm³/mol. The molecule has 0 unspecified atom stereocenters. The molecule has 1 aliphatic rings. The lowest BCUT2D eigenvalue weighted by molar-refractivity contribution is -0.384. The van der Waals surface area contributed by atoms with Crippen molar-refractivity contribution in [2.24, 2.45) is 0 Å². The lowest BCUT2D eigenvalue weighted by Crippen LogP contribution is -2.35. The van der Waals surface area contributed by atoms with Gasteiger partial charge in [-0.25, -0.2) is 9.07 Å². The molecule has 0 aliphatic carbocycles. The van der Waals surface area contributed by atoms with E-state index in [0.29, 0.717) is 10.2 Å². The number of anilines is 2. The van der Waals surface area contributed by atoms with Gasteiger partial charge in [0.1, 0.15) is 28.2 Å². The second-order valence-electron chi connectivity index (χ2n) is 8.84. The molecule has 4 aromatic rings. The summed E-state index contributed by atoms with van der Waals surface area (Å²) in [6.45, 7) is 0. The minimum atomic E-state index is -4.69. The monoisotopic (exact) mass is 575 g/mol. The first-order valence-electron chi connectivity index (χ1n) is 11.7. The number of non-ortho nitro benzene ring substituents is 1. The molecule has 206 valence electrons. The fourth-order valence-corrected chi connectivity index (χ4v) is 4.55. The molecule has 1 amide bonds. The van der Waals surface area contributed by atoms with Crippen LogP contribution in [-0.4, -0.2) is 26.8 Å². The van der Waals surface area contributed by atoms with E-state index < -0.39 is 52.7 Å². The Kier molecular flexibility index (Phi) is 7.06. The maximum Gasteiger partial charge on any atom is 0.410 e. The van der Waals surface area contributed by atoms with Crippen molar-refractivity contribution in [2.45, 2.75) is 24.7 Å². The highest BCUT2D eigenvalue weighted by molar-refractivity contribution is 6.36. The number of amides is 1. The molecular weight excluding hydrogens is 558 g/mol. The third kappa shape index (κ3) is 5.54. The average Bonchev–Trinajstić information content (AvgIpc) is 3.25. The van der Waals surface area contributed by atoms with Crippen LogP contribution in [0.1, 0.15) is 34.6 Å². The van der Waals surface area contributed by atoms with Crippen LogP contribution < -0.4 is 15.4 Å². The third-order valence-electron chi connectivity index (χ3n) is 6.12. The van der Waals surface area contributed by atoms with Crippen LogP contribution in [0.5, 0.6) is 11.5 Å². The number of aromatic nitrogens is 2.